The quantitative estimate of drug-likeness (QED) is 0.692. The van der Waals surface area contributed by atoms with E-state index in [-0.39, 0.29) is 0 Å². The summed E-state index contributed by atoms with van der Waals surface area (Å²) in [5, 5.41) is 0. The van der Waals surface area contributed by atoms with E-state index in [2.05, 4.69) is 0 Å². The van der Waals surface area contributed by atoms with Crippen LogP contribution in [0.4, 0.5) is 11.6 Å². The molecular formula is C9H11N3O. The van der Waals surface area contributed by atoms with Gasteiger partial charge in [-0.2, -0.15) is 0 Å². The molecule has 0 spiro atoms. The van der Waals surface area contributed by atoms with Gasteiger partial charge in [0.15, 0.2) is 0 Å². The molecule has 2 rings (SSSR count). The molecule has 0 aliphatic carbocycles. The zero-order chi connectivity index (χ0) is 9.42. The SMILES string of the molecule is Cn1c(N)cc(-c2ccco2)c1N. The maximum absolute atomic E-state index is 5.82. The maximum atomic E-state index is 5.82. The van der Waals surface area contributed by atoms with Crippen molar-refractivity contribution >= 4 is 11.6 Å². The zero-order valence-electron chi connectivity index (χ0n) is 7.32. The Hall–Kier alpha value is -1.84. The van der Waals surface area contributed by atoms with E-state index in [0.717, 1.165) is 11.3 Å². The van der Waals surface area contributed by atoms with Gasteiger partial charge in [0, 0.05) is 7.05 Å². The topological polar surface area (TPSA) is 70.1 Å². The highest BCUT2D eigenvalue weighted by atomic mass is 16.3. The van der Waals surface area contributed by atoms with Gasteiger partial charge in [-0.1, -0.05) is 0 Å². The van der Waals surface area contributed by atoms with Crippen LogP contribution in [-0.2, 0) is 7.05 Å². The Morgan fingerprint density at radius 3 is 2.62 bits per heavy atom. The van der Waals surface area contributed by atoms with E-state index in [1.165, 1.54) is 0 Å². The molecule has 2 aromatic rings. The number of rotatable bonds is 1. The second-order valence-corrected chi connectivity index (χ2v) is 2.90. The predicted molar refractivity (Wildman–Crippen MR) is 51.9 cm³/mol. The molecule has 0 atom stereocenters. The molecule has 4 heteroatoms. The first-order valence-electron chi connectivity index (χ1n) is 3.94. The molecule has 0 saturated heterocycles. The molecule has 0 saturated carbocycles. The molecule has 0 fully saturated rings. The van der Waals surface area contributed by atoms with Crippen molar-refractivity contribution in [3.8, 4) is 11.3 Å². The summed E-state index contributed by atoms with van der Waals surface area (Å²) in [6.07, 6.45) is 1.61. The molecule has 0 bridgehead atoms. The second kappa shape index (κ2) is 2.58. The third-order valence-corrected chi connectivity index (χ3v) is 2.10. The molecule has 13 heavy (non-hydrogen) atoms. The van der Waals surface area contributed by atoms with Crippen molar-refractivity contribution in [3.63, 3.8) is 0 Å². The van der Waals surface area contributed by atoms with Crippen molar-refractivity contribution < 1.29 is 4.42 Å². The molecule has 0 radical (unpaired) electrons. The summed E-state index contributed by atoms with van der Waals surface area (Å²) in [5.41, 5.74) is 12.3. The lowest BCUT2D eigenvalue weighted by atomic mass is 10.2. The van der Waals surface area contributed by atoms with Crippen LogP contribution in [0.2, 0.25) is 0 Å². The molecule has 2 aromatic heterocycles. The number of aromatic nitrogens is 1. The summed E-state index contributed by atoms with van der Waals surface area (Å²) < 4.78 is 6.94. The first kappa shape index (κ1) is 7.79. The smallest absolute Gasteiger partial charge is 0.137 e. The van der Waals surface area contributed by atoms with Crippen LogP contribution in [0.25, 0.3) is 11.3 Å². The molecule has 68 valence electrons. The Bertz CT molecular complexity index is 414. The summed E-state index contributed by atoms with van der Waals surface area (Å²) in [7, 11) is 1.82. The highest BCUT2D eigenvalue weighted by Crippen LogP contribution is 2.29. The summed E-state index contributed by atoms with van der Waals surface area (Å²) in [6, 6.07) is 5.47. The molecule has 4 nitrogen and oxygen atoms in total. The van der Waals surface area contributed by atoms with Crippen molar-refractivity contribution in [2.24, 2.45) is 7.05 Å². The fourth-order valence-corrected chi connectivity index (χ4v) is 1.27. The normalized spacial score (nSPS) is 10.5. The minimum absolute atomic E-state index is 0.618. The van der Waals surface area contributed by atoms with Crippen LogP contribution in [0.3, 0.4) is 0 Å². The standard InChI is InChI=1S/C9H11N3O/c1-12-8(10)5-6(9(12)11)7-3-2-4-13-7/h2-5H,10-11H2,1H3. The van der Waals surface area contributed by atoms with Crippen LogP contribution in [0, 0.1) is 0 Å². The van der Waals surface area contributed by atoms with Gasteiger partial charge in [-0.05, 0) is 18.2 Å². The third-order valence-electron chi connectivity index (χ3n) is 2.10. The molecule has 0 unspecified atom stereocenters. The van der Waals surface area contributed by atoms with Gasteiger partial charge in [0.1, 0.15) is 17.4 Å². The Balaban J connectivity index is 2.59. The van der Waals surface area contributed by atoms with Crippen molar-refractivity contribution in [2.45, 2.75) is 0 Å². The van der Waals surface area contributed by atoms with Crippen LogP contribution in [0.1, 0.15) is 0 Å². The first-order valence-corrected chi connectivity index (χ1v) is 3.94. The Morgan fingerprint density at radius 1 is 1.38 bits per heavy atom. The fourth-order valence-electron chi connectivity index (χ4n) is 1.27. The van der Waals surface area contributed by atoms with Crippen LogP contribution < -0.4 is 11.5 Å². The Labute approximate surface area is 75.7 Å². The summed E-state index contributed by atoms with van der Waals surface area (Å²) in [5.74, 6) is 1.99. The van der Waals surface area contributed by atoms with Crippen molar-refractivity contribution in [2.75, 3.05) is 11.5 Å². The second-order valence-electron chi connectivity index (χ2n) is 2.90. The predicted octanol–water partition coefficient (Wildman–Crippen LogP) is 1.45. The van der Waals surface area contributed by atoms with Gasteiger partial charge in [-0.3, -0.25) is 0 Å². The number of hydrogen-bond acceptors (Lipinski definition) is 3. The van der Waals surface area contributed by atoms with Gasteiger partial charge in [0.2, 0.25) is 0 Å². The lowest BCUT2D eigenvalue weighted by molar-refractivity contribution is 0.582. The lowest BCUT2D eigenvalue weighted by Gasteiger charge is -1.99. The van der Waals surface area contributed by atoms with Crippen LogP contribution in [-0.4, -0.2) is 4.57 Å². The zero-order valence-corrected chi connectivity index (χ0v) is 7.32. The van der Waals surface area contributed by atoms with Crippen molar-refractivity contribution in [3.05, 3.63) is 24.5 Å². The average Bonchev–Trinajstić information content (AvgIpc) is 2.70. The molecule has 0 aliphatic heterocycles. The minimum atomic E-state index is 0.618. The first-order chi connectivity index (χ1) is 6.20. The van der Waals surface area contributed by atoms with Crippen LogP contribution in [0.5, 0.6) is 0 Å². The number of nitrogens with zero attached hydrogens (tertiary/aromatic N) is 1. The summed E-state index contributed by atoms with van der Waals surface area (Å²) in [4.78, 5) is 0. The van der Waals surface area contributed by atoms with E-state index >= 15 is 0 Å². The lowest BCUT2D eigenvalue weighted by Crippen LogP contribution is -2.00. The van der Waals surface area contributed by atoms with E-state index in [1.54, 1.807) is 16.9 Å². The van der Waals surface area contributed by atoms with Gasteiger partial charge in [-0.15, -0.1) is 0 Å². The monoisotopic (exact) mass is 177 g/mol. The van der Waals surface area contributed by atoms with E-state index < -0.39 is 0 Å². The largest absolute Gasteiger partial charge is 0.464 e. The van der Waals surface area contributed by atoms with Crippen LogP contribution in [0.15, 0.2) is 28.9 Å². The molecular weight excluding hydrogens is 166 g/mol. The summed E-state index contributed by atoms with van der Waals surface area (Å²) in [6.45, 7) is 0. The number of furan rings is 1. The summed E-state index contributed by atoms with van der Waals surface area (Å²) >= 11 is 0. The highest BCUT2D eigenvalue weighted by molar-refractivity contribution is 5.75. The Kier molecular flexibility index (Phi) is 1.55. The van der Waals surface area contributed by atoms with Gasteiger partial charge >= 0.3 is 0 Å². The number of hydrogen-bond donors (Lipinski definition) is 2. The van der Waals surface area contributed by atoms with Crippen molar-refractivity contribution in [1.82, 2.24) is 4.57 Å². The Morgan fingerprint density at radius 2 is 2.15 bits per heavy atom. The van der Waals surface area contributed by atoms with E-state index in [4.69, 9.17) is 15.9 Å². The van der Waals surface area contributed by atoms with E-state index in [0.29, 0.717) is 11.6 Å². The molecule has 4 N–H and O–H groups in total. The third kappa shape index (κ3) is 1.07. The van der Waals surface area contributed by atoms with Gasteiger partial charge < -0.3 is 20.5 Å². The minimum Gasteiger partial charge on any atom is -0.464 e. The molecule has 0 aliphatic rings. The van der Waals surface area contributed by atoms with Crippen LogP contribution >= 0.6 is 0 Å². The number of nitrogens with two attached hydrogens (primary N) is 2. The van der Waals surface area contributed by atoms with Crippen molar-refractivity contribution in [1.29, 1.82) is 0 Å². The van der Waals surface area contributed by atoms with Gasteiger partial charge in [-0.25, -0.2) is 0 Å². The highest BCUT2D eigenvalue weighted by Gasteiger charge is 2.11. The fraction of sp³-hybridized carbons (Fsp3) is 0.111. The number of nitrogen functional groups attached to an aromatic ring is 2. The molecule has 0 amide bonds. The van der Waals surface area contributed by atoms with E-state index in [9.17, 15) is 0 Å². The van der Waals surface area contributed by atoms with Gasteiger partial charge in [0.05, 0.1) is 11.8 Å². The molecule has 0 aromatic carbocycles. The maximum Gasteiger partial charge on any atom is 0.137 e. The van der Waals surface area contributed by atoms with E-state index in [1.807, 2.05) is 19.2 Å². The average molecular weight is 177 g/mol. The number of anilines is 2. The molecule has 2 heterocycles. The van der Waals surface area contributed by atoms with Gasteiger partial charge in [0.25, 0.3) is 0 Å².